The van der Waals surface area contributed by atoms with Gasteiger partial charge >= 0.3 is 11.9 Å². The Balaban J connectivity index is 4.17. The third-order valence-corrected chi connectivity index (χ3v) is 11.9. The second-order valence-corrected chi connectivity index (χ2v) is 18.8. The molecule has 0 fully saturated rings. The molecule has 8 nitrogen and oxygen atoms in total. The van der Waals surface area contributed by atoms with Crippen molar-refractivity contribution in [2.24, 2.45) is 0 Å². The van der Waals surface area contributed by atoms with Gasteiger partial charge in [-0.3, -0.25) is 9.59 Å². The smallest absolute Gasteiger partial charge is 0.306 e. The van der Waals surface area contributed by atoms with Crippen molar-refractivity contribution < 1.29 is 38.2 Å². The third kappa shape index (κ3) is 42.8. The Morgan fingerprint density at radius 3 is 1.32 bits per heavy atom. The molecule has 0 N–H and O–H groups in total. The number of hydrogen-bond acceptors (Lipinski definition) is 7. The number of carboxylic acids is 1. The Hall–Kier alpha value is -2.45. The van der Waals surface area contributed by atoms with Crippen LogP contribution in [-0.4, -0.2) is 75.5 Å². The van der Waals surface area contributed by atoms with Gasteiger partial charge in [0.2, 0.25) is 0 Å². The molecular formula is C54H99NO7. The van der Waals surface area contributed by atoms with E-state index in [1.807, 2.05) is 0 Å². The molecular weight excluding hydrogens is 775 g/mol. The average Bonchev–Trinajstić information content (AvgIpc) is 3.23. The summed E-state index contributed by atoms with van der Waals surface area (Å²) in [5.41, 5.74) is 0. The maximum atomic E-state index is 12.8. The quantitative estimate of drug-likeness (QED) is 0.0260. The normalized spacial score (nSPS) is 13.1. The van der Waals surface area contributed by atoms with Crippen LogP contribution in [0.1, 0.15) is 239 Å². The Morgan fingerprint density at radius 1 is 0.500 bits per heavy atom. The van der Waals surface area contributed by atoms with Crippen LogP contribution in [0.3, 0.4) is 0 Å². The number of carboxylic acid groups (broad SMARTS) is 1. The minimum atomic E-state index is -1.12. The first-order chi connectivity index (χ1) is 30.1. The number of likely N-dealkylation sites (N-methyl/N-ethyl adjacent to an activating group) is 1. The van der Waals surface area contributed by atoms with Crippen LogP contribution in [0.5, 0.6) is 0 Å². The molecule has 0 rings (SSSR count). The van der Waals surface area contributed by atoms with Crippen LogP contribution < -0.4 is 5.11 Å². The summed E-state index contributed by atoms with van der Waals surface area (Å²) in [5.74, 6) is -1.74. The highest BCUT2D eigenvalue weighted by Gasteiger charge is 2.25. The molecule has 0 aromatic carbocycles. The highest BCUT2D eigenvalue weighted by atomic mass is 16.6. The largest absolute Gasteiger partial charge is 0.544 e. The van der Waals surface area contributed by atoms with Crippen LogP contribution in [0.15, 0.2) is 36.5 Å². The summed E-state index contributed by atoms with van der Waals surface area (Å²) in [4.78, 5) is 37.0. The van der Waals surface area contributed by atoms with Gasteiger partial charge in [0, 0.05) is 19.3 Å². The van der Waals surface area contributed by atoms with E-state index in [4.69, 9.17) is 14.2 Å². The molecule has 0 amide bonds. The van der Waals surface area contributed by atoms with Gasteiger partial charge in [0.25, 0.3) is 0 Å². The summed E-state index contributed by atoms with van der Waals surface area (Å²) in [5, 5.41) is 11.7. The van der Waals surface area contributed by atoms with Gasteiger partial charge in [0.1, 0.15) is 12.6 Å². The van der Waals surface area contributed by atoms with Crippen molar-refractivity contribution in [3.63, 3.8) is 0 Å². The predicted molar refractivity (Wildman–Crippen MR) is 259 cm³/mol. The number of rotatable bonds is 47. The molecule has 0 aliphatic rings. The summed E-state index contributed by atoms with van der Waals surface area (Å²) in [6, 6.07) is -0.727. The number of ether oxygens (including phenoxy) is 3. The van der Waals surface area contributed by atoms with E-state index in [0.717, 1.165) is 51.4 Å². The van der Waals surface area contributed by atoms with Crippen molar-refractivity contribution in [1.29, 1.82) is 0 Å². The number of allylic oxidation sites excluding steroid dienone is 6. The summed E-state index contributed by atoms with van der Waals surface area (Å²) >= 11 is 0. The fourth-order valence-electron chi connectivity index (χ4n) is 7.84. The molecule has 0 saturated heterocycles. The molecule has 0 aliphatic heterocycles. The maximum Gasteiger partial charge on any atom is 0.306 e. The van der Waals surface area contributed by atoms with Crippen LogP contribution in [0.4, 0.5) is 0 Å². The first-order valence-corrected chi connectivity index (χ1v) is 26.0. The number of nitrogens with zero attached hydrogens (tertiary/aromatic N) is 1. The standard InChI is InChI=1S/C54H99NO7/c1-6-8-10-12-14-16-18-20-22-23-24-25-26-27-28-29-31-33-35-37-39-41-43-45-53(57)62-50(48-60-47-46-51(54(58)59)55(3,4)5)49-61-52(56)44-42-40-38-36-34-32-30-21-19-17-15-13-11-9-7-2/h9,11,13,15,17,19,50-51H,6-8,10,12,14,16,18,20-49H2,1-5H3/b11-9+,15-13+,19-17+. The van der Waals surface area contributed by atoms with Crippen LogP contribution in [0.2, 0.25) is 0 Å². The Morgan fingerprint density at radius 2 is 0.903 bits per heavy atom. The van der Waals surface area contributed by atoms with Gasteiger partial charge in [-0.05, 0) is 32.1 Å². The minimum absolute atomic E-state index is 0.0398. The third-order valence-electron chi connectivity index (χ3n) is 11.9. The fourth-order valence-corrected chi connectivity index (χ4v) is 7.84. The van der Waals surface area contributed by atoms with Gasteiger partial charge in [0.15, 0.2) is 6.10 Å². The van der Waals surface area contributed by atoms with Crippen molar-refractivity contribution in [1.82, 2.24) is 0 Å². The van der Waals surface area contributed by atoms with Crippen molar-refractivity contribution in [3.8, 4) is 0 Å². The van der Waals surface area contributed by atoms with Crippen LogP contribution in [0, 0.1) is 0 Å². The number of hydrogen-bond donors (Lipinski definition) is 0. The number of quaternary nitrogens is 1. The second-order valence-electron chi connectivity index (χ2n) is 18.8. The minimum Gasteiger partial charge on any atom is -0.544 e. The van der Waals surface area contributed by atoms with E-state index in [1.54, 1.807) is 21.1 Å². The topological polar surface area (TPSA) is 102 Å². The van der Waals surface area contributed by atoms with E-state index in [0.29, 0.717) is 12.8 Å². The lowest BCUT2D eigenvalue weighted by Gasteiger charge is -2.34. The van der Waals surface area contributed by atoms with Gasteiger partial charge < -0.3 is 28.6 Å². The summed E-state index contributed by atoms with van der Waals surface area (Å²) in [7, 11) is 5.42. The molecule has 0 bridgehead atoms. The van der Waals surface area contributed by atoms with E-state index in [1.165, 1.54) is 154 Å². The molecule has 0 aliphatic carbocycles. The van der Waals surface area contributed by atoms with Crippen molar-refractivity contribution >= 4 is 17.9 Å². The van der Waals surface area contributed by atoms with Crippen molar-refractivity contribution in [2.75, 3.05) is 41.0 Å². The number of unbranched alkanes of at least 4 members (excludes halogenated alkanes) is 29. The molecule has 8 heteroatoms. The molecule has 2 unspecified atom stereocenters. The first-order valence-electron chi connectivity index (χ1n) is 26.0. The molecule has 0 radical (unpaired) electrons. The molecule has 0 aromatic heterocycles. The number of aliphatic carboxylic acids is 1. The zero-order valence-electron chi connectivity index (χ0n) is 41.3. The highest BCUT2D eigenvalue weighted by Crippen LogP contribution is 2.17. The molecule has 2 atom stereocenters. The van der Waals surface area contributed by atoms with E-state index >= 15 is 0 Å². The molecule has 0 spiro atoms. The van der Waals surface area contributed by atoms with Gasteiger partial charge in [-0.1, -0.05) is 224 Å². The first kappa shape index (κ1) is 59.5. The van der Waals surface area contributed by atoms with Gasteiger partial charge in [-0.2, -0.15) is 0 Å². The lowest BCUT2D eigenvalue weighted by atomic mass is 10.0. The fraction of sp³-hybridized carbons (Fsp3) is 0.833. The maximum absolute atomic E-state index is 12.8. The Labute approximate surface area is 383 Å². The highest BCUT2D eigenvalue weighted by molar-refractivity contribution is 5.70. The lowest BCUT2D eigenvalue weighted by Crippen LogP contribution is -2.55. The SMILES string of the molecule is CC/C=C/C=C/C=C/CCCCCCCCCC(=O)OCC(COCCC(C(=O)[O-])[N+](C)(C)C)OC(=O)CCCCCCCCCCCCCCCCCCCCCCCCC. The Kier molecular flexibility index (Phi) is 43.3. The van der Waals surface area contributed by atoms with Gasteiger partial charge in [0.05, 0.1) is 40.3 Å². The summed E-state index contributed by atoms with van der Waals surface area (Å²) in [6.07, 6.45) is 53.2. The van der Waals surface area contributed by atoms with Crippen molar-refractivity contribution in [2.45, 2.75) is 251 Å². The molecule has 0 saturated carbocycles. The Bertz CT molecular complexity index is 1110. The van der Waals surface area contributed by atoms with E-state index in [2.05, 4.69) is 50.3 Å². The number of carbonyl (C=O) groups is 3. The second kappa shape index (κ2) is 45.1. The van der Waals surface area contributed by atoms with E-state index in [-0.39, 0.29) is 42.7 Å². The predicted octanol–water partition coefficient (Wildman–Crippen LogP) is 13.6. The zero-order chi connectivity index (χ0) is 45.6. The van der Waals surface area contributed by atoms with Gasteiger partial charge in [-0.15, -0.1) is 0 Å². The van der Waals surface area contributed by atoms with Crippen LogP contribution >= 0.6 is 0 Å². The van der Waals surface area contributed by atoms with Crippen LogP contribution in [-0.2, 0) is 28.6 Å². The van der Waals surface area contributed by atoms with E-state index in [9.17, 15) is 19.5 Å². The zero-order valence-corrected chi connectivity index (χ0v) is 41.3. The van der Waals surface area contributed by atoms with Crippen LogP contribution in [0.25, 0.3) is 0 Å². The van der Waals surface area contributed by atoms with E-state index < -0.39 is 18.1 Å². The molecule has 62 heavy (non-hydrogen) atoms. The monoisotopic (exact) mass is 874 g/mol. The van der Waals surface area contributed by atoms with Gasteiger partial charge in [-0.25, -0.2) is 0 Å². The number of esters is 2. The van der Waals surface area contributed by atoms with Crippen molar-refractivity contribution in [3.05, 3.63) is 36.5 Å². The molecule has 0 heterocycles. The summed E-state index contributed by atoms with van der Waals surface area (Å²) in [6.45, 7) is 4.56. The molecule has 0 aromatic rings. The summed E-state index contributed by atoms with van der Waals surface area (Å²) < 4.78 is 17.2. The number of carbonyl (C=O) groups excluding carboxylic acids is 3. The average molecular weight is 874 g/mol. The lowest BCUT2D eigenvalue weighted by molar-refractivity contribution is -0.889. The molecule has 362 valence electrons.